The van der Waals surface area contributed by atoms with E-state index in [1.165, 1.54) is 6.33 Å². The van der Waals surface area contributed by atoms with Crippen LogP contribution in [0, 0.1) is 0 Å². The van der Waals surface area contributed by atoms with Crippen LogP contribution in [0.2, 0.25) is 5.02 Å². The molecular weight excluding hydrogens is 494 g/mol. The van der Waals surface area contributed by atoms with Gasteiger partial charge in [-0.3, -0.25) is 4.79 Å². The molecule has 0 spiro atoms. The Bertz CT molecular complexity index is 1440. The quantitative estimate of drug-likeness (QED) is 0.328. The lowest BCUT2D eigenvalue weighted by Gasteiger charge is -2.26. The number of ether oxygens (including phenoxy) is 3. The van der Waals surface area contributed by atoms with Gasteiger partial charge >= 0.3 is 5.97 Å². The van der Waals surface area contributed by atoms with Crippen LogP contribution < -0.4 is 9.47 Å². The molecule has 2 unspecified atom stereocenters. The van der Waals surface area contributed by atoms with Gasteiger partial charge in [0.15, 0.2) is 11.5 Å². The molecule has 37 heavy (non-hydrogen) atoms. The largest absolute Gasteiger partial charge is 0.493 e. The van der Waals surface area contributed by atoms with Crippen molar-refractivity contribution >= 4 is 17.6 Å². The van der Waals surface area contributed by atoms with Gasteiger partial charge in [0.1, 0.15) is 24.7 Å². The molecule has 1 aliphatic rings. The molecule has 2 atom stereocenters. The number of aryl methyl sites for hydroxylation is 1. The molecule has 0 saturated carbocycles. The fourth-order valence-corrected chi connectivity index (χ4v) is 5.08. The van der Waals surface area contributed by atoms with E-state index in [9.17, 15) is 9.90 Å². The van der Waals surface area contributed by atoms with Crippen molar-refractivity contribution in [1.29, 1.82) is 0 Å². The number of fused-ring (bicyclic) bond motifs is 3. The molecule has 0 saturated heterocycles. The molecule has 0 bridgehead atoms. The van der Waals surface area contributed by atoms with Gasteiger partial charge in [-0.15, -0.1) is 0 Å². The van der Waals surface area contributed by atoms with Crippen LogP contribution >= 0.6 is 11.6 Å². The Morgan fingerprint density at radius 3 is 2.59 bits per heavy atom. The summed E-state index contributed by atoms with van der Waals surface area (Å²) in [4.78, 5) is 15.4. The molecule has 9 heteroatoms. The highest BCUT2D eigenvalue weighted by Gasteiger charge is 2.33. The second-order valence-corrected chi connectivity index (χ2v) is 9.10. The lowest BCUT2D eigenvalue weighted by Crippen LogP contribution is -2.16. The summed E-state index contributed by atoms with van der Waals surface area (Å²) in [6.07, 6.45) is 0.866. The summed E-state index contributed by atoms with van der Waals surface area (Å²) in [5.41, 5.74) is 4.82. The van der Waals surface area contributed by atoms with E-state index in [4.69, 9.17) is 25.8 Å². The molecule has 8 nitrogen and oxygen atoms in total. The van der Waals surface area contributed by atoms with Crippen LogP contribution in [0.4, 0.5) is 0 Å². The number of rotatable bonds is 8. The minimum atomic E-state index is -0.956. The fourth-order valence-electron chi connectivity index (χ4n) is 4.90. The summed E-state index contributed by atoms with van der Waals surface area (Å²) < 4.78 is 19.9. The number of aliphatic carboxylic acids is 1. The molecule has 2 heterocycles. The van der Waals surface area contributed by atoms with Gasteiger partial charge in [-0.1, -0.05) is 54.1 Å². The summed E-state index contributed by atoms with van der Waals surface area (Å²) >= 11 is 6.49. The number of para-hydroxylation sites is 1. The van der Waals surface area contributed by atoms with E-state index < -0.39 is 12.1 Å². The number of carboxylic acids is 1. The number of carbonyl (C=O) groups is 1. The minimum absolute atomic E-state index is 0.199. The minimum Gasteiger partial charge on any atom is -0.493 e. The standard InChI is InChI=1S/C28H26ClN3O5/c1-35-24-9-5-8-21(28(24)36-2)27-22-14-17(29)10-11-19(22)18-6-3-4-7-20(18)23(37-27)12-13-32-25(15-26(33)34)30-16-31-32/h3-11,14,16,23,27H,12-13,15H2,1-2H3,(H,33,34). The van der Waals surface area contributed by atoms with Crippen molar-refractivity contribution in [3.05, 3.63) is 94.5 Å². The fraction of sp³-hybridized carbons (Fsp3) is 0.250. The SMILES string of the molecule is COc1cccc(C2OC(CCn3ncnc3CC(=O)O)c3ccccc3-c3ccc(Cl)cc32)c1OC. The number of benzene rings is 3. The molecule has 5 rings (SSSR count). The van der Waals surface area contributed by atoms with Crippen molar-refractivity contribution in [1.82, 2.24) is 14.8 Å². The molecule has 0 radical (unpaired) electrons. The number of nitrogens with zero attached hydrogens (tertiary/aromatic N) is 3. The lowest BCUT2D eigenvalue weighted by atomic mass is 9.90. The number of hydrogen-bond acceptors (Lipinski definition) is 6. The van der Waals surface area contributed by atoms with Gasteiger partial charge < -0.3 is 19.3 Å². The van der Waals surface area contributed by atoms with Crippen LogP contribution in [0.1, 0.15) is 41.1 Å². The van der Waals surface area contributed by atoms with E-state index in [-0.39, 0.29) is 12.5 Å². The Kier molecular flexibility index (Phi) is 7.12. The Hall–Kier alpha value is -3.88. The lowest BCUT2D eigenvalue weighted by molar-refractivity contribution is -0.136. The van der Waals surface area contributed by atoms with E-state index in [1.807, 2.05) is 48.5 Å². The molecule has 0 amide bonds. The van der Waals surface area contributed by atoms with E-state index in [1.54, 1.807) is 18.9 Å². The predicted molar refractivity (Wildman–Crippen MR) is 138 cm³/mol. The molecule has 1 aromatic heterocycles. The Labute approximate surface area is 219 Å². The van der Waals surface area contributed by atoms with Crippen LogP contribution in [0.25, 0.3) is 11.1 Å². The first-order valence-corrected chi connectivity index (χ1v) is 12.2. The first kappa shape index (κ1) is 24.8. The van der Waals surface area contributed by atoms with E-state index in [2.05, 4.69) is 22.2 Å². The number of carboxylic acid groups (broad SMARTS) is 1. The zero-order valence-corrected chi connectivity index (χ0v) is 21.2. The maximum atomic E-state index is 11.3. The van der Waals surface area contributed by atoms with Crippen molar-refractivity contribution in [3.8, 4) is 22.6 Å². The zero-order chi connectivity index (χ0) is 25.9. The van der Waals surface area contributed by atoms with Crippen molar-refractivity contribution in [2.45, 2.75) is 31.6 Å². The van der Waals surface area contributed by atoms with Gasteiger partial charge in [0.2, 0.25) is 0 Å². The molecule has 0 aliphatic carbocycles. The van der Waals surface area contributed by atoms with Gasteiger partial charge in [-0.25, -0.2) is 9.67 Å². The normalized spacial score (nSPS) is 16.4. The van der Waals surface area contributed by atoms with Gasteiger partial charge in [-0.2, -0.15) is 5.10 Å². The summed E-state index contributed by atoms with van der Waals surface area (Å²) in [7, 11) is 3.21. The molecule has 3 aromatic carbocycles. The third kappa shape index (κ3) is 4.90. The summed E-state index contributed by atoms with van der Waals surface area (Å²) in [5, 5.41) is 14.1. The maximum absolute atomic E-state index is 11.3. The maximum Gasteiger partial charge on any atom is 0.311 e. The first-order chi connectivity index (χ1) is 18.0. The Morgan fingerprint density at radius 1 is 1.03 bits per heavy atom. The number of halogens is 1. The average molecular weight is 520 g/mol. The summed E-state index contributed by atoms with van der Waals surface area (Å²) in [5.74, 6) is 0.635. The van der Waals surface area contributed by atoms with E-state index in [0.29, 0.717) is 35.3 Å². The van der Waals surface area contributed by atoms with Crippen LogP contribution in [0.5, 0.6) is 11.5 Å². The third-order valence-corrected chi connectivity index (χ3v) is 6.75. The third-order valence-electron chi connectivity index (χ3n) is 6.52. The number of methoxy groups -OCH3 is 2. The van der Waals surface area contributed by atoms with Crippen LogP contribution in [-0.2, 0) is 22.5 Å². The van der Waals surface area contributed by atoms with Crippen molar-refractivity contribution < 1.29 is 24.1 Å². The molecular formula is C28H26ClN3O5. The highest BCUT2D eigenvalue weighted by Crippen LogP contribution is 2.49. The van der Waals surface area contributed by atoms with E-state index >= 15 is 0 Å². The van der Waals surface area contributed by atoms with Crippen molar-refractivity contribution in [3.63, 3.8) is 0 Å². The van der Waals surface area contributed by atoms with Crippen LogP contribution in [0.15, 0.2) is 67.0 Å². The second kappa shape index (κ2) is 10.6. The molecule has 4 aromatic rings. The highest BCUT2D eigenvalue weighted by atomic mass is 35.5. The summed E-state index contributed by atoms with van der Waals surface area (Å²) in [6.45, 7) is 0.431. The topological polar surface area (TPSA) is 95.7 Å². The predicted octanol–water partition coefficient (Wildman–Crippen LogP) is 5.49. The van der Waals surface area contributed by atoms with E-state index in [0.717, 1.165) is 27.8 Å². The van der Waals surface area contributed by atoms with Gasteiger partial charge in [0.05, 0.1) is 20.3 Å². The van der Waals surface area contributed by atoms with Crippen molar-refractivity contribution in [2.75, 3.05) is 14.2 Å². The number of hydrogen-bond donors (Lipinski definition) is 1. The average Bonchev–Trinajstić information content (AvgIpc) is 3.29. The van der Waals surface area contributed by atoms with Crippen molar-refractivity contribution in [2.24, 2.45) is 0 Å². The second-order valence-electron chi connectivity index (χ2n) is 8.66. The monoisotopic (exact) mass is 519 g/mol. The van der Waals surface area contributed by atoms with Gasteiger partial charge in [0, 0.05) is 17.1 Å². The molecule has 190 valence electrons. The molecule has 1 N–H and O–H groups in total. The van der Waals surface area contributed by atoms with Gasteiger partial charge in [-0.05, 0) is 46.9 Å². The van der Waals surface area contributed by atoms with Gasteiger partial charge in [0.25, 0.3) is 0 Å². The summed E-state index contributed by atoms with van der Waals surface area (Å²) in [6, 6.07) is 19.7. The Balaban J connectivity index is 1.61. The smallest absolute Gasteiger partial charge is 0.311 e. The highest BCUT2D eigenvalue weighted by molar-refractivity contribution is 6.30. The number of aromatic nitrogens is 3. The first-order valence-electron chi connectivity index (χ1n) is 11.8. The van der Waals surface area contributed by atoms with Crippen LogP contribution in [-0.4, -0.2) is 40.1 Å². The zero-order valence-electron chi connectivity index (χ0n) is 20.4. The van der Waals surface area contributed by atoms with Crippen LogP contribution in [0.3, 0.4) is 0 Å². The molecule has 1 aliphatic heterocycles. The molecule has 0 fully saturated rings. The Morgan fingerprint density at radius 2 is 1.81 bits per heavy atom.